The molecule has 3 rings (SSSR count). The Morgan fingerprint density at radius 1 is 1.33 bits per heavy atom. The van der Waals surface area contributed by atoms with Crippen LogP contribution in [0.15, 0.2) is 45.9 Å². The summed E-state index contributed by atoms with van der Waals surface area (Å²) in [4.78, 5) is 9.69. The molecule has 0 amide bonds. The van der Waals surface area contributed by atoms with Crippen molar-refractivity contribution in [3.05, 3.63) is 35.7 Å². The average molecular weight is 247 g/mol. The Kier molecular flexibility index (Phi) is 2.59. The van der Waals surface area contributed by atoms with E-state index in [2.05, 4.69) is 40.0 Å². The molecule has 96 valence electrons. The summed E-state index contributed by atoms with van der Waals surface area (Å²) in [5.41, 5.74) is 0.921. The fraction of sp³-hybridized carbons (Fsp3) is 0.500. The lowest BCUT2D eigenvalue weighted by molar-refractivity contribution is -0.0976. The molecule has 3 aliphatic rings. The van der Waals surface area contributed by atoms with Crippen molar-refractivity contribution in [2.45, 2.75) is 19.9 Å². The molecule has 0 saturated carbocycles. The molecular weight excluding hydrogens is 230 g/mol. The lowest BCUT2D eigenvalue weighted by atomic mass is 10.2. The molecule has 0 aromatic heterocycles. The van der Waals surface area contributed by atoms with Crippen molar-refractivity contribution in [3.63, 3.8) is 0 Å². The minimum atomic E-state index is 0.422. The van der Waals surface area contributed by atoms with E-state index in [0.717, 1.165) is 23.9 Å². The van der Waals surface area contributed by atoms with Crippen LogP contribution in [0.2, 0.25) is 0 Å². The maximum Gasteiger partial charge on any atom is 0.177 e. The van der Waals surface area contributed by atoms with E-state index in [0.29, 0.717) is 12.7 Å². The van der Waals surface area contributed by atoms with Crippen molar-refractivity contribution >= 4 is 0 Å². The molecule has 0 aromatic rings. The van der Waals surface area contributed by atoms with Gasteiger partial charge in [-0.3, -0.25) is 9.74 Å². The van der Waals surface area contributed by atoms with Gasteiger partial charge in [-0.25, -0.2) is 5.06 Å². The van der Waals surface area contributed by atoms with E-state index in [9.17, 15) is 0 Å². The summed E-state index contributed by atoms with van der Waals surface area (Å²) < 4.78 is 0. The third-order valence-electron chi connectivity index (χ3n) is 3.27. The largest absolute Gasteiger partial charge is 0.350 e. The highest BCUT2D eigenvalue weighted by Gasteiger charge is 2.34. The van der Waals surface area contributed by atoms with Crippen LogP contribution in [-0.2, 0) is 4.84 Å². The monoisotopic (exact) mass is 247 g/mol. The molecule has 6 nitrogen and oxygen atoms in total. The Labute approximate surface area is 106 Å². The van der Waals surface area contributed by atoms with Gasteiger partial charge in [-0.05, 0) is 19.9 Å². The first-order valence-electron chi connectivity index (χ1n) is 6.10. The first-order chi connectivity index (χ1) is 8.70. The van der Waals surface area contributed by atoms with E-state index < -0.39 is 0 Å². The van der Waals surface area contributed by atoms with Crippen molar-refractivity contribution < 1.29 is 4.84 Å². The number of hydrogen-bond donors (Lipinski definition) is 0. The molecule has 3 heterocycles. The number of nitrogens with zero attached hydrogens (tertiary/aromatic N) is 5. The van der Waals surface area contributed by atoms with Crippen molar-refractivity contribution in [2.75, 3.05) is 20.3 Å². The topological polar surface area (TPSA) is 43.7 Å². The van der Waals surface area contributed by atoms with Crippen molar-refractivity contribution in [2.24, 2.45) is 10.2 Å². The van der Waals surface area contributed by atoms with Gasteiger partial charge in [-0.15, -0.1) is 10.2 Å². The minimum absolute atomic E-state index is 0.422. The van der Waals surface area contributed by atoms with Gasteiger partial charge in [0, 0.05) is 12.6 Å². The molecule has 0 atom stereocenters. The second kappa shape index (κ2) is 4.13. The van der Waals surface area contributed by atoms with Crippen molar-refractivity contribution in [3.8, 4) is 0 Å². The third kappa shape index (κ3) is 1.60. The van der Waals surface area contributed by atoms with Gasteiger partial charge in [0.05, 0.1) is 13.3 Å². The molecule has 0 fully saturated rings. The van der Waals surface area contributed by atoms with Crippen molar-refractivity contribution in [1.29, 1.82) is 0 Å². The fourth-order valence-electron chi connectivity index (χ4n) is 2.33. The van der Waals surface area contributed by atoms with Gasteiger partial charge in [0.15, 0.2) is 5.82 Å². The quantitative estimate of drug-likeness (QED) is 0.746. The molecule has 0 N–H and O–H groups in total. The van der Waals surface area contributed by atoms with Crippen LogP contribution in [0.5, 0.6) is 0 Å². The fourth-order valence-corrected chi connectivity index (χ4v) is 2.33. The average Bonchev–Trinajstić information content (AvgIpc) is 2.81. The number of rotatable bonds is 2. The molecule has 0 unspecified atom stereocenters. The Bertz CT molecular complexity index is 477. The van der Waals surface area contributed by atoms with Gasteiger partial charge in [0.25, 0.3) is 0 Å². The maximum atomic E-state index is 5.23. The molecule has 0 bridgehead atoms. The van der Waals surface area contributed by atoms with Crippen LogP contribution in [-0.4, -0.2) is 41.2 Å². The highest BCUT2D eigenvalue weighted by atomic mass is 16.7. The normalized spacial score (nSPS) is 21.8. The van der Waals surface area contributed by atoms with E-state index in [1.54, 1.807) is 12.2 Å². The standard InChI is InChI=1S/C12H17N5O/c1-9(2)16-6-4-5-10-12(16)17-8-15(18-3)7-11(17)14-13-10/h4-5,7,9H,6,8H2,1-3H3. The number of fused-ring (bicyclic) bond motifs is 2. The van der Waals surface area contributed by atoms with E-state index in [4.69, 9.17) is 4.84 Å². The molecule has 6 heteroatoms. The molecule has 0 aliphatic carbocycles. The number of hydrogen-bond acceptors (Lipinski definition) is 6. The van der Waals surface area contributed by atoms with E-state index in [1.165, 1.54) is 0 Å². The molecule has 3 aliphatic heterocycles. The summed E-state index contributed by atoms with van der Waals surface area (Å²) >= 11 is 0. The maximum absolute atomic E-state index is 5.23. The summed E-state index contributed by atoms with van der Waals surface area (Å²) in [5, 5.41) is 10.3. The summed E-state index contributed by atoms with van der Waals surface area (Å²) in [6.45, 7) is 5.93. The number of allylic oxidation sites excluding steroid dienone is 1. The van der Waals surface area contributed by atoms with Gasteiger partial charge in [-0.1, -0.05) is 6.08 Å². The first-order valence-corrected chi connectivity index (χ1v) is 6.10. The number of azo groups is 1. The van der Waals surface area contributed by atoms with Crippen LogP contribution in [0.1, 0.15) is 13.8 Å². The molecule has 0 aromatic carbocycles. The molecule has 0 spiro atoms. The smallest absolute Gasteiger partial charge is 0.177 e. The predicted molar refractivity (Wildman–Crippen MR) is 66.5 cm³/mol. The van der Waals surface area contributed by atoms with Crippen LogP contribution in [0.4, 0.5) is 0 Å². The first kappa shape index (κ1) is 11.3. The van der Waals surface area contributed by atoms with Crippen LogP contribution in [0.25, 0.3) is 0 Å². The second-order valence-electron chi connectivity index (χ2n) is 4.71. The van der Waals surface area contributed by atoms with Gasteiger partial charge >= 0.3 is 0 Å². The molecule has 18 heavy (non-hydrogen) atoms. The lowest BCUT2D eigenvalue weighted by Gasteiger charge is -2.39. The van der Waals surface area contributed by atoms with Crippen LogP contribution in [0, 0.1) is 0 Å². The van der Waals surface area contributed by atoms with E-state index in [-0.39, 0.29) is 0 Å². The van der Waals surface area contributed by atoms with Gasteiger partial charge < -0.3 is 4.90 Å². The zero-order valence-corrected chi connectivity index (χ0v) is 10.9. The van der Waals surface area contributed by atoms with E-state index in [1.807, 2.05) is 12.3 Å². The summed E-state index contributed by atoms with van der Waals surface area (Å²) in [6.07, 6.45) is 6.02. The highest BCUT2D eigenvalue weighted by molar-refractivity contribution is 5.33. The van der Waals surface area contributed by atoms with Gasteiger partial charge in [0.2, 0.25) is 0 Å². The van der Waals surface area contributed by atoms with Gasteiger partial charge in [-0.2, -0.15) is 0 Å². The second-order valence-corrected chi connectivity index (χ2v) is 4.71. The van der Waals surface area contributed by atoms with Crippen LogP contribution in [0.3, 0.4) is 0 Å². The SMILES string of the molecule is CON1C=C2N=NC3=C(N2C1)N(C(C)C)CC=C3. The zero-order chi connectivity index (χ0) is 12.7. The summed E-state index contributed by atoms with van der Waals surface area (Å²) in [5.74, 6) is 1.95. The number of hydroxylamine groups is 2. The Morgan fingerprint density at radius 3 is 2.89 bits per heavy atom. The molecule has 0 radical (unpaired) electrons. The summed E-state index contributed by atoms with van der Waals surface area (Å²) in [7, 11) is 1.66. The third-order valence-corrected chi connectivity index (χ3v) is 3.27. The minimum Gasteiger partial charge on any atom is -0.350 e. The van der Waals surface area contributed by atoms with Crippen LogP contribution < -0.4 is 0 Å². The van der Waals surface area contributed by atoms with Crippen molar-refractivity contribution in [1.82, 2.24) is 14.9 Å². The van der Waals surface area contributed by atoms with Crippen LogP contribution >= 0.6 is 0 Å². The lowest BCUT2D eigenvalue weighted by Crippen LogP contribution is -2.42. The Balaban J connectivity index is 1.99. The predicted octanol–water partition coefficient (Wildman–Crippen LogP) is 1.84. The zero-order valence-electron chi connectivity index (χ0n) is 10.9. The molecular formula is C12H17N5O. The summed E-state index contributed by atoms with van der Waals surface area (Å²) in [6, 6.07) is 0.422. The molecule has 0 saturated heterocycles. The Hall–Kier alpha value is -1.82. The Morgan fingerprint density at radius 2 is 2.17 bits per heavy atom. The van der Waals surface area contributed by atoms with Gasteiger partial charge in [0.1, 0.15) is 18.2 Å². The van der Waals surface area contributed by atoms with E-state index >= 15 is 0 Å². The highest BCUT2D eigenvalue weighted by Crippen LogP contribution is 2.34.